The Hall–Kier alpha value is -3.23. The van der Waals surface area contributed by atoms with Gasteiger partial charge in [0.2, 0.25) is 0 Å². The molecule has 2 amide bonds. The molecule has 0 aliphatic rings. The largest absolute Gasteiger partial charge is 0.471 e. The molecular weight excluding hydrogens is 337 g/mol. The van der Waals surface area contributed by atoms with E-state index in [0.717, 1.165) is 0 Å². The zero-order chi connectivity index (χ0) is 18.4. The van der Waals surface area contributed by atoms with Crippen LogP contribution in [0.1, 0.15) is 22.8 Å². The fourth-order valence-corrected chi connectivity index (χ4v) is 1.76. The molecule has 1 aromatic carbocycles. The highest BCUT2D eigenvalue weighted by molar-refractivity contribution is 6.01. The number of benzene rings is 1. The average Bonchev–Trinajstić information content (AvgIpc) is 2.60. The number of hydrogen-bond acceptors (Lipinski definition) is 4. The smallest absolute Gasteiger partial charge is 0.318 e. The van der Waals surface area contributed by atoms with Crippen molar-refractivity contribution in [3.8, 4) is 0 Å². The Kier molecular flexibility index (Phi) is 5.48. The van der Waals surface area contributed by atoms with Gasteiger partial charge in [-0.1, -0.05) is 12.1 Å². The molecule has 0 saturated carbocycles. The number of rotatable bonds is 4. The quantitative estimate of drug-likeness (QED) is 0.657. The minimum absolute atomic E-state index is 0.000281. The van der Waals surface area contributed by atoms with Crippen molar-refractivity contribution < 1.29 is 22.8 Å². The highest BCUT2D eigenvalue weighted by atomic mass is 19.4. The number of amides is 2. The van der Waals surface area contributed by atoms with E-state index in [1.165, 1.54) is 48.8 Å². The van der Waals surface area contributed by atoms with Crippen LogP contribution in [0.2, 0.25) is 0 Å². The second-order valence-electron chi connectivity index (χ2n) is 4.90. The van der Waals surface area contributed by atoms with Crippen molar-refractivity contribution >= 4 is 23.2 Å². The number of aromatic nitrogens is 1. The Bertz CT molecular complexity index is 787. The molecule has 1 heterocycles. The number of nitrogens with one attached hydrogen (secondary N) is 2. The molecule has 2 rings (SSSR count). The van der Waals surface area contributed by atoms with Crippen LogP contribution in [0, 0.1) is 0 Å². The maximum atomic E-state index is 12.2. The summed E-state index contributed by atoms with van der Waals surface area (Å²) in [6.45, 7) is 1.62. The summed E-state index contributed by atoms with van der Waals surface area (Å²) in [7, 11) is 0. The molecule has 2 aromatic rings. The molecule has 0 unspecified atom stereocenters. The van der Waals surface area contributed by atoms with Crippen molar-refractivity contribution in [1.29, 1.82) is 0 Å². The van der Waals surface area contributed by atoms with Crippen molar-refractivity contribution in [2.24, 2.45) is 5.10 Å². The molecule has 6 nitrogen and oxygen atoms in total. The first kappa shape index (κ1) is 18.1. The lowest BCUT2D eigenvalue weighted by molar-refractivity contribution is -0.167. The summed E-state index contributed by atoms with van der Waals surface area (Å²) in [4.78, 5) is 26.5. The zero-order valence-corrected chi connectivity index (χ0v) is 13.0. The Morgan fingerprint density at radius 1 is 1.00 bits per heavy atom. The lowest BCUT2D eigenvalue weighted by atomic mass is 10.1. The van der Waals surface area contributed by atoms with Gasteiger partial charge in [-0.3, -0.25) is 14.6 Å². The number of hydrogen-bond donors (Lipinski definition) is 2. The topological polar surface area (TPSA) is 83.4 Å². The predicted octanol–water partition coefficient (Wildman–Crippen LogP) is 2.74. The van der Waals surface area contributed by atoms with Gasteiger partial charge in [-0.2, -0.15) is 18.3 Å². The van der Waals surface area contributed by atoms with Crippen LogP contribution in [0.4, 0.5) is 18.9 Å². The molecule has 0 bridgehead atoms. The fourth-order valence-electron chi connectivity index (χ4n) is 1.76. The summed E-state index contributed by atoms with van der Waals surface area (Å²) >= 11 is 0. The van der Waals surface area contributed by atoms with Gasteiger partial charge in [0.15, 0.2) is 0 Å². The molecule has 25 heavy (non-hydrogen) atoms. The number of halogens is 3. The lowest BCUT2D eigenvalue weighted by Gasteiger charge is -2.08. The average molecular weight is 350 g/mol. The summed E-state index contributed by atoms with van der Waals surface area (Å²) < 4.78 is 36.5. The van der Waals surface area contributed by atoms with Crippen LogP contribution in [-0.4, -0.2) is 28.7 Å². The first-order chi connectivity index (χ1) is 11.8. The Balaban J connectivity index is 2.01. The molecule has 0 aliphatic carbocycles. The van der Waals surface area contributed by atoms with Gasteiger partial charge in [0, 0.05) is 23.6 Å². The molecule has 1 aromatic heterocycles. The number of carbonyl (C=O) groups is 2. The van der Waals surface area contributed by atoms with E-state index in [9.17, 15) is 22.8 Å². The van der Waals surface area contributed by atoms with Crippen LogP contribution in [-0.2, 0) is 4.79 Å². The van der Waals surface area contributed by atoms with E-state index in [1.807, 2.05) is 0 Å². The van der Waals surface area contributed by atoms with E-state index >= 15 is 0 Å². The number of nitrogens with zero attached hydrogens (tertiary/aromatic N) is 2. The second-order valence-corrected chi connectivity index (χ2v) is 4.90. The van der Waals surface area contributed by atoms with E-state index in [1.54, 1.807) is 12.2 Å². The van der Waals surface area contributed by atoms with Crippen LogP contribution in [0.3, 0.4) is 0 Å². The van der Waals surface area contributed by atoms with Crippen LogP contribution >= 0.6 is 0 Å². The van der Waals surface area contributed by atoms with Crippen molar-refractivity contribution in [1.82, 2.24) is 10.4 Å². The summed E-state index contributed by atoms with van der Waals surface area (Å²) in [5.41, 5.74) is 3.76. The first-order valence-electron chi connectivity index (χ1n) is 7.00. The van der Waals surface area contributed by atoms with Crippen molar-refractivity contribution in [3.05, 3.63) is 59.9 Å². The number of pyridine rings is 1. The maximum Gasteiger partial charge on any atom is 0.471 e. The number of carbonyl (C=O) groups excluding carboxylic acids is 2. The normalized spacial score (nSPS) is 11.8. The highest BCUT2D eigenvalue weighted by Gasteiger charge is 2.38. The molecular formula is C16H13F3N4O2. The molecule has 0 radical (unpaired) electrons. The van der Waals surface area contributed by atoms with Gasteiger partial charge in [-0.05, 0) is 36.8 Å². The monoisotopic (exact) mass is 350 g/mol. The maximum absolute atomic E-state index is 12.2. The van der Waals surface area contributed by atoms with Crippen LogP contribution in [0.25, 0.3) is 0 Å². The van der Waals surface area contributed by atoms with Gasteiger partial charge >= 0.3 is 12.1 Å². The Morgan fingerprint density at radius 3 is 2.16 bits per heavy atom. The van der Waals surface area contributed by atoms with Gasteiger partial charge in [0.25, 0.3) is 5.91 Å². The van der Waals surface area contributed by atoms with Gasteiger partial charge in [-0.15, -0.1) is 0 Å². The SMILES string of the molecule is C/C(=N\NC(=O)c1ccncc1)c1ccc(NC(=O)C(F)(F)F)cc1. The third kappa shape index (κ3) is 5.13. The minimum atomic E-state index is -4.95. The Morgan fingerprint density at radius 2 is 1.60 bits per heavy atom. The molecule has 2 N–H and O–H groups in total. The van der Waals surface area contributed by atoms with E-state index in [0.29, 0.717) is 16.8 Å². The predicted molar refractivity (Wildman–Crippen MR) is 85.0 cm³/mol. The van der Waals surface area contributed by atoms with E-state index in [4.69, 9.17) is 0 Å². The minimum Gasteiger partial charge on any atom is -0.318 e. The van der Waals surface area contributed by atoms with E-state index in [2.05, 4.69) is 15.5 Å². The van der Waals surface area contributed by atoms with Crippen LogP contribution < -0.4 is 10.7 Å². The first-order valence-corrected chi connectivity index (χ1v) is 7.00. The Labute approximate surface area is 140 Å². The zero-order valence-electron chi connectivity index (χ0n) is 13.0. The van der Waals surface area contributed by atoms with Crippen LogP contribution in [0.5, 0.6) is 0 Å². The number of hydrazone groups is 1. The number of anilines is 1. The standard InChI is InChI=1S/C16H13F3N4O2/c1-10(22-23-14(24)12-6-8-20-9-7-12)11-2-4-13(5-3-11)21-15(25)16(17,18)19/h2-9H,1H3,(H,21,25)(H,23,24)/b22-10+. The number of alkyl halides is 3. The summed E-state index contributed by atoms with van der Waals surface area (Å²) in [5, 5.41) is 5.67. The van der Waals surface area contributed by atoms with Crippen LogP contribution in [0.15, 0.2) is 53.9 Å². The van der Waals surface area contributed by atoms with E-state index < -0.39 is 18.0 Å². The molecule has 0 aliphatic heterocycles. The molecule has 0 saturated heterocycles. The molecule has 0 spiro atoms. The summed E-state index contributed by atoms with van der Waals surface area (Å²) in [6.07, 6.45) is -2.01. The molecule has 0 fully saturated rings. The van der Waals surface area contributed by atoms with Gasteiger partial charge in [0.05, 0.1) is 5.71 Å². The summed E-state index contributed by atoms with van der Waals surface area (Å²) in [6, 6.07) is 8.62. The third-order valence-corrected chi connectivity index (χ3v) is 3.09. The lowest BCUT2D eigenvalue weighted by Crippen LogP contribution is -2.29. The highest BCUT2D eigenvalue weighted by Crippen LogP contribution is 2.18. The van der Waals surface area contributed by atoms with E-state index in [-0.39, 0.29) is 5.69 Å². The van der Waals surface area contributed by atoms with Crippen molar-refractivity contribution in [2.75, 3.05) is 5.32 Å². The molecule has 130 valence electrons. The second kappa shape index (κ2) is 7.56. The van der Waals surface area contributed by atoms with Crippen molar-refractivity contribution in [3.63, 3.8) is 0 Å². The molecule has 9 heteroatoms. The van der Waals surface area contributed by atoms with Gasteiger partial charge in [-0.25, -0.2) is 5.43 Å². The van der Waals surface area contributed by atoms with Gasteiger partial charge in [0.1, 0.15) is 0 Å². The molecule has 0 atom stereocenters. The van der Waals surface area contributed by atoms with Gasteiger partial charge < -0.3 is 5.32 Å². The summed E-state index contributed by atoms with van der Waals surface area (Å²) in [5.74, 6) is -2.47. The third-order valence-electron chi connectivity index (χ3n) is 3.09. The fraction of sp³-hybridized carbons (Fsp3) is 0.125. The van der Waals surface area contributed by atoms with Crippen molar-refractivity contribution in [2.45, 2.75) is 13.1 Å².